The smallest absolute Gasteiger partial charge is 0.221 e. The summed E-state index contributed by atoms with van der Waals surface area (Å²) in [6.07, 6.45) is 2.42. The fourth-order valence-corrected chi connectivity index (χ4v) is 2.95. The molecule has 0 atom stereocenters. The molecule has 1 amide bonds. The molecule has 0 unspecified atom stereocenters. The third kappa shape index (κ3) is 6.66. The van der Waals surface area contributed by atoms with Gasteiger partial charge in [-0.2, -0.15) is 0 Å². The van der Waals surface area contributed by atoms with E-state index in [1.165, 1.54) is 19.8 Å². The summed E-state index contributed by atoms with van der Waals surface area (Å²) in [5.41, 5.74) is 1.71. The number of methoxy groups -OCH3 is 1. The largest absolute Gasteiger partial charge is 0.495 e. The van der Waals surface area contributed by atoms with Crippen LogP contribution in [0.1, 0.15) is 39.2 Å². The SMILES string of the molecule is CCNC(=NCc1ccc(OC)c(NC(C)=O)c1)N1CCC(C)CC1.I. The van der Waals surface area contributed by atoms with Gasteiger partial charge in [0.05, 0.1) is 19.3 Å². The molecule has 2 N–H and O–H groups in total. The zero-order valence-electron chi connectivity index (χ0n) is 16.2. The van der Waals surface area contributed by atoms with Crippen LogP contribution in [0.15, 0.2) is 23.2 Å². The summed E-state index contributed by atoms with van der Waals surface area (Å²) >= 11 is 0. The Kier molecular flexibility index (Phi) is 9.75. The van der Waals surface area contributed by atoms with Crippen LogP contribution in [-0.2, 0) is 11.3 Å². The molecule has 0 saturated carbocycles. The summed E-state index contributed by atoms with van der Waals surface area (Å²) in [5, 5.41) is 6.20. The summed E-state index contributed by atoms with van der Waals surface area (Å²) in [5.74, 6) is 2.29. The molecule has 1 aliphatic rings. The quantitative estimate of drug-likeness (QED) is 0.390. The second-order valence-corrected chi connectivity index (χ2v) is 6.56. The average molecular weight is 474 g/mol. The molecule has 146 valence electrons. The molecule has 1 aromatic rings. The van der Waals surface area contributed by atoms with E-state index in [0.29, 0.717) is 18.0 Å². The highest BCUT2D eigenvalue weighted by molar-refractivity contribution is 14.0. The number of ether oxygens (including phenoxy) is 1. The molecule has 1 aromatic carbocycles. The second kappa shape index (κ2) is 11.3. The van der Waals surface area contributed by atoms with Crippen LogP contribution in [0.5, 0.6) is 5.75 Å². The fourth-order valence-electron chi connectivity index (χ4n) is 2.95. The summed E-state index contributed by atoms with van der Waals surface area (Å²) in [7, 11) is 1.60. The molecule has 1 fully saturated rings. The Balaban J connectivity index is 0.00000338. The van der Waals surface area contributed by atoms with Gasteiger partial charge in [-0.25, -0.2) is 4.99 Å². The molecule has 1 heterocycles. The average Bonchev–Trinajstić information content (AvgIpc) is 2.59. The van der Waals surface area contributed by atoms with Crippen LogP contribution >= 0.6 is 24.0 Å². The third-order valence-corrected chi connectivity index (χ3v) is 4.40. The molecule has 0 radical (unpaired) electrons. The first-order chi connectivity index (χ1) is 12.0. The van der Waals surface area contributed by atoms with E-state index in [1.54, 1.807) is 7.11 Å². The van der Waals surface area contributed by atoms with Gasteiger partial charge in [0, 0.05) is 26.6 Å². The normalized spacial score (nSPS) is 15.2. The lowest BCUT2D eigenvalue weighted by molar-refractivity contribution is -0.114. The third-order valence-electron chi connectivity index (χ3n) is 4.40. The van der Waals surface area contributed by atoms with Gasteiger partial charge in [-0.3, -0.25) is 4.79 Å². The zero-order valence-corrected chi connectivity index (χ0v) is 18.5. The van der Waals surface area contributed by atoms with Gasteiger partial charge >= 0.3 is 0 Å². The lowest BCUT2D eigenvalue weighted by Gasteiger charge is -2.33. The maximum atomic E-state index is 11.4. The molecule has 0 spiro atoms. The number of halogens is 1. The van der Waals surface area contributed by atoms with Crippen LogP contribution in [0.2, 0.25) is 0 Å². The standard InChI is InChI=1S/C19H30N4O2.HI/c1-5-20-19(23-10-8-14(2)9-11-23)21-13-16-6-7-18(25-4)17(12-16)22-15(3)24;/h6-7,12,14H,5,8-11,13H2,1-4H3,(H,20,21)(H,22,24);1H. The van der Waals surface area contributed by atoms with Gasteiger partial charge in [0.1, 0.15) is 5.75 Å². The summed E-state index contributed by atoms with van der Waals surface area (Å²) < 4.78 is 5.30. The van der Waals surface area contributed by atoms with E-state index in [4.69, 9.17) is 9.73 Å². The van der Waals surface area contributed by atoms with E-state index in [0.717, 1.165) is 37.1 Å². The first kappa shape index (κ1) is 22.5. The molecule has 26 heavy (non-hydrogen) atoms. The van der Waals surface area contributed by atoms with E-state index in [1.807, 2.05) is 18.2 Å². The molecule has 1 saturated heterocycles. The van der Waals surface area contributed by atoms with Crippen LogP contribution in [0.4, 0.5) is 5.69 Å². The number of hydrogen-bond acceptors (Lipinski definition) is 3. The molecule has 1 aliphatic heterocycles. The number of hydrogen-bond donors (Lipinski definition) is 2. The van der Waals surface area contributed by atoms with E-state index in [-0.39, 0.29) is 29.9 Å². The lowest BCUT2D eigenvalue weighted by atomic mass is 10.00. The van der Waals surface area contributed by atoms with Crippen molar-refractivity contribution in [3.8, 4) is 5.75 Å². The minimum atomic E-state index is -0.116. The van der Waals surface area contributed by atoms with Gasteiger partial charge in [0.2, 0.25) is 5.91 Å². The van der Waals surface area contributed by atoms with E-state index in [2.05, 4.69) is 29.4 Å². The van der Waals surface area contributed by atoms with Crippen molar-refractivity contribution in [3.63, 3.8) is 0 Å². The number of anilines is 1. The van der Waals surface area contributed by atoms with E-state index in [9.17, 15) is 4.79 Å². The first-order valence-corrected chi connectivity index (χ1v) is 9.01. The highest BCUT2D eigenvalue weighted by Crippen LogP contribution is 2.26. The lowest BCUT2D eigenvalue weighted by Crippen LogP contribution is -2.45. The Morgan fingerprint density at radius 2 is 2.04 bits per heavy atom. The number of carbonyl (C=O) groups is 1. The zero-order chi connectivity index (χ0) is 18.2. The first-order valence-electron chi connectivity index (χ1n) is 9.01. The maximum absolute atomic E-state index is 11.4. The molecule has 0 aromatic heterocycles. The Bertz CT molecular complexity index is 614. The number of nitrogens with one attached hydrogen (secondary N) is 2. The number of benzene rings is 1. The van der Waals surface area contributed by atoms with Crippen molar-refractivity contribution >= 4 is 41.5 Å². The van der Waals surface area contributed by atoms with Crippen LogP contribution in [-0.4, -0.2) is 43.5 Å². The van der Waals surface area contributed by atoms with Crippen molar-refractivity contribution in [1.82, 2.24) is 10.2 Å². The second-order valence-electron chi connectivity index (χ2n) is 6.56. The van der Waals surface area contributed by atoms with E-state index >= 15 is 0 Å². The number of rotatable bonds is 5. The van der Waals surface area contributed by atoms with Crippen LogP contribution in [0, 0.1) is 5.92 Å². The number of carbonyl (C=O) groups excluding carboxylic acids is 1. The van der Waals surface area contributed by atoms with Crippen LogP contribution < -0.4 is 15.4 Å². The van der Waals surface area contributed by atoms with Crippen LogP contribution in [0.3, 0.4) is 0 Å². The van der Waals surface area contributed by atoms with Crippen LogP contribution in [0.25, 0.3) is 0 Å². The predicted molar refractivity (Wildman–Crippen MR) is 117 cm³/mol. The van der Waals surface area contributed by atoms with Crippen molar-refractivity contribution in [1.29, 1.82) is 0 Å². The highest BCUT2D eigenvalue weighted by Gasteiger charge is 2.18. The van der Waals surface area contributed by atoms with Crippen molar-refractivity contribution in [2.45, 2.75) is 40.2 Å². The van der Waals surface area contributed by atoms with Gasteiger partial charge in [0.25, 0.3) is 0 Å². The predicted octanol–water partition coefficient (Wildman–Crippen LogP) is 3.47. The summed E-state index contributed by atoms with van der Waals surface area (Å²) in [6.45, 7) is 9.40. The van der Waals surface area contributed by atoms with Gasteiger partial charge in [-0.05, 0) is 43.4 Å². The van der Waals surface area contributed by atoms with Gasteiger partial charge in [0.15, 0.2) is 5.96 Å². The Hall–Kier alpha value is -1.51. The number of nitrogens with zero attached hydrogens (tertiary/aromatic N) is 2. The van der Waals surface area contributed by atoms with Gasteiger partial charge in [-0.15, -0.1) is 24.0 Å². The number of piperidine rings is 1. The number of guanidine groups is 1. The molecular formula is C19H31IN4O2. The molecule has 7 heteroatoms. The van der Waals surface area contributed by atoms with Crippen molar-refractivity contribution in [2.24, 2.45) is 10.9 Å². The summed E-state index contributed by atoms with van der Waals surface area (Å²) in [6, 6.07) is 5.77. The number of aliphatic imine (C=N–C) groups is 1. The van der Waals surface area contributed by atoms with Crippen molar-refractivity contribution < 1.29 is 9.53 Å². The maximum Gasteiger partial charge on any atom is 0.221 e. The van der Waals surface area contributed by atoms with Crippen molar-refractivity contribution in [2.75, 3.05) is 32.1 Å². The molecular weight excluding hydrogens is 443 g/mol. The summed E-state index contributed by atoms with van der Waals surface area (Å²) in [4.78, 5) is 18.5. The molecule has 6 nitrogen and oxygen atoms in total. The van der Waals surface area contributed by atoms with E-state index < -0.39 is 0 Å². The topological polar surface area (TPSA) is 66.0 Å². The molecule has 2 rings (SSSR count). The van der Waals surface area contributed by atoms with Gasteiger partial charge in [-0.1, -0.05) is 13.0 Å². The van der Waals surface area contributed by atoms with Crippen molar-refractivity contribution in [3.05, 3.63) is 23.8 Å². The molecule has 0 aliphatic carbocycles. The Labute approximate surface area is 173 Å². The number of amides is 1. The monoisotopic (exact) mass is 474 g/mol. The molecule has 0 bridgehead atoms. The number of likely N-dealkylation sites (tertiary alicyclic amines) is 1. The Morgan fingerprint density at radius 1 is 1.35 bits per heavy atom. The highest BCUT2D eigenvalue weighted by atomic mass is 127. The minimum absolute atomic E-state index is 0. The Morgan fingerprint density at radius 3 is 2.62 bits per heavy atom. The minimum Gasteiger partial charge on any atom is -0.495 e. The van der Waals surface area contributed by atoms with Gasteiger partial charge < -0.3 is 20.3 Å². The fraction of sp³-hybridized carbons (Fsp3) is 0.579.